The van der Waals surface area contributed by atoms with Gasteiger partial charge in [0, 0.05) is 51.5 Å². The first-order valence-corrected chi connectivity index (χ1v) is 13.4. The zero-order valence-electron chi connectivity index (χ0n) is 21.8. The van der Waals surface area contributed by atoms with E-state index in [4.69, 9.17) is 19.2 Å². The van der Waals surface area contributed by atoms with Gasteiger partial charge in [0.05, 0.1) is 26.5 Å². The number of aromatic nitrogens is 1. The highest BCUT2D eigenvalue weighted by molar-refractivity contribution is 5.51. The first-order chi connectivity index (χ1) is 18.3. The molecular formula is C30H38N4O3. The Morgan fingerprint density at radius 2 is 1.62 bits per heavy atom. The Labute approximate surface area is 220 Å². The lowest BCUT2D eigenvalue weighted by Gasteiger charge is -2.26. The maximum Gasteiger partial charge on any atom is 0.137 e. The summed E-state index contributed by atoms with van der Waals surface area (Å²) in [5.74, 6) is 2.59. The van der Waals surface area contributed by atoms with Gasteiger partial charge in [-0.25, -0.2) is 4.98 Å². The largest absolute Gasteiger partial charge is 0.497 e. The van der Waals surface area contributed by atoms with E-state index in [1.165, 1.54) is 29.7 Å². The molecule has 37 heavy (non-hydrogen) atoms. The Hall–Kier alpha value is -3.29. The van der Waals surface area contributed by atoms with Gasteiger partial charge in [0.25, 0.3) is 0 Å². The predicted molar refractivity (Wildman–Crippen MR) is 148 cm³/mol. The van der Waals surface area contributed by atoms with Gasteiger partial charge in [-0.05, 0) is 60.4 Å². The van der Waals surface area contributed by atoms with Crippen molar-refractivity contribution in [2.75, 3.05) is 69.5 Å². The molecule has 0 atom stereocenters. The van der Waals surface area contributed by atoms with E-state index in [1.54, 1.807) is 7.11 Å². The van der Waals surface area contributed by atoms with Crippen molar-refractivity contribution < 1.29 is 14.2 Å². The highest BCUT2D eigenvalue weighted by atomic mass is 16.5. The van der Waals surface area contributed by atoms with Crippen molar-refractivity contribution in [3.05, 3.63) is 78.0 Å². The molecule has 0 amide bonds. The number of hydrogen-bond acceptors (Lipinski definition) is 7. The molecule has 2 aromatic carbocycles. The third-order valence-corrected chi connectivity index (χ3v) is 7.09. The van der Waals surface area contributed by atoms with Crippen LogP contribution in [0.1, 0.15) is 24.0 Å². The molecular weight excluding hydrogens is 464 g/mol. The first-order valence-electron chi connectivity index (χ1n) is 13.4. The van der Waals surface area contributed by atoms with E-state index in [1.807, 2.05) is 24.4 Å². The van der Waals surface area contributed by atoms with Gasteiger partial charge in [-0.3, -0.25) is 4.90 Å². The van der Waals surface area contributed by atoms with Crippen LogP contribution in [0.4, 0.5) is 11.5 Å². The Morgan fingerprint density at radius 3 is 2.35 bits per heavy atom. The van der Waals surface area contributed by atoms with E-state index in [-0.39, 0.29) is 0 Å². The van der Waals surface area contributed by atoms with Gasteiger partial charge in [0.1, 0.15) is 23.9 Å². The van der Waals surface area contributed by atoms with Gasteiger partial charge < -0.3 is 24.0 Å². The van der Waals surface area contributed by atoms with Crippen LogP contribution < -0.4 is 19.3 Å². The Balaban J connectivity index is 1.29. The van der Waals surface area contributed by atoms with E-state index >= 15 is 0 Å². The highest BCUT2D eigenvalue weighted by Gasteiger charge is 2.15. The number of methoxy groups -OCH3 is 1. The van der Waals surface area contributed by atoms with Crippen molar-refractivity contribution in [3.8, 4) is 11.5 Å². The number of benzene rings is 2. The number of anilines is 2. The van der Waals surface area contributed by atoms with E-state index in [2.05, 4.69) is 57.2 Å². The van der Waals surface area contributed by atoms with Crippen LogP contribution in [-0.4, -0.2) is 69.5 Å². The summed E-state index contributed by atoms with van der Waals surface area (Å²) in [6.45, 7) is 8.89. The monoisotopic (exact) mass is 502 g/mol. The maximum atomic E-state index is 6.00. The number of pyridine rings is 1. The molecule has 2 saturated heterocycles. The standard InChI is InChI=1S/C30H38N4O3/c1-35-28-9-5-7-26(21-28)24-34(23-25-6-4-8-27(20-25)33-12-2-3-13-33)30-11-10-29(22-31-30)37-19-16-32-14-17-36-18-15-32/h4-11,20-22H,2-3,12-19,23-24H2,1H3. The zero-order chi connectivity index (χ0) is 25.3. The molecule has 196 valence electrons. The summed E-state index contributed by atoms with van der Waals surface area (Å²) < 4.78 is 16.9. The van der Waals surface area contributed by atoms with Crippen LogP contribution in [0.2, 0.25) is 0 Å². The second kappa shape index (κ2) is 12.8. The van der Waals surface area contributed by atoms with E-state index < -0.39 is 0 Å². The average molecular weight is 503 g/mol. The fourth-order valence-corrected chi connectivity index (χ4v) is 5.02. The van der Waals surface area contributed by atoms with Gasteiger partial charge in [-0.2, -0.15) is 0 Å². The molecule has 3 aromatic rings. The third kappa shape index (κ3) is 7.14. The minimum absolute atomic E-state index is 0.651. The van der Waals surface area contributed by atoms with Gasteiger partial charge in [-0.15, -0.1) is 0 Å². The van der Waals surface area contributed by atoms with Crippen molar-refractivity contribution in [1.82, 2.24) is 9.88 Å². The quantitative estimate of drug-likeness (QED) is 0.380. The lowest BCUT2D eigenvalue weighted by molar-refractivity contribution is 0.0322. The summed E-state index contributed by atoms with van der Waals surface area (Å²) in [6, 6.07) is 21.3. The predicted octanol–water partition coefficient (Wildman–Crippen LogP) is 4.61. The Morgan fingerprint density at radius 1 is 0.865 bits per heavy atom. The summed E-state index contributed by atoms with van der Waals surface area (Å²) in [7, 11) is 1.71. The lowest BCUT2D eigenvalue weighted by Crippen LogP contribution is -2.38. The summed E-state index contributed by atoms with van der Waals surface area (Å²) in [4.78, 5) is 12.0. The van der Waals surface area contributed by atoms with Gasteiger partial charge in [0.2, 0.25) is 0 Å². The van der Waals surface area contributed by atoms with Crippen LogP contribution in [0.5, 0.6) is 11.5 Å². The van der Waals surface area contributed by atoms with Crippen molar-refractivity contribution in [1.29, 1.82) is 0 Å². The topological polar surface area (TPSA) is 50.3 Å². The minimum Gasteiger partial charge on any atom is -0.497 e. The molecule has 2 fully saturated rings. The number of ether oxygens (including phenoxy) is 3. The van der Waals surface area contributed by atoms with Gasteiger partial charge in [-0.1, -0.05) is 24.3 Å². The van der Waals surface area contributed by atoms with Crippen molar-refractivity contribution in [3.63, 3.8) is 0 Å². The molecule has 0 saturated carbocycles. The molecule has 0 radical (unpaired) electrons. The molecule has 0 spiro atoms. The molecule has 1 aromatic heterocycles. The normalized spacial score (nSPS) is 16.1. The molecule has 0 unspecified atom stereocenters. The molecule has 0 bridgehead atoms. The second-order valence-corrected chi connectivity index (χ2v) is 9.73. The van der Waals surface area contributed by atoms with Crippen LogP contribution in [0, 0.1) is 0 Å². The molecule has 2 aliphatic rings. The SMILES string of the molecule is COc1cccc(CN(Cc2cccc(N3CCCC3)c2)c2ccc(OCCN3CCOCC3)cn2)c1. The van der Waals surface area contributed by atoms with Crippen LogP contribution in [0.3, 0.4) is 0 Å². The fraction of sp³-hybridized carbons (Fsp3) is 0.433. The van der Waals surface area contributed by atoms with Gasteiger partial charge >= 0.3 is 0 Å². The summed E-state index contributed by atoms with van der Waals surface area (Å²) >= 11 is 0. The summed E-state index contributed by atoms with van der Waals surface area (Å²) in [5, 5.41) is 0. The summed E-state index contributed by atoms with van der Waals surface area (Å²) in [6.07, 6.45) is 4.39. The van der Waals surface area contributed by atoms with Crippen molar-refractivity contribution >= 4 is 11.5 Å². The molecule has 3 heterocycles. The van der Waals surface area contributed by atoms with Crippen LogP contribution in [-0.2, 0) is 17.8 Å². The molecule has 7 nitrogen and oxygen atoms in total. The van der Waals surface area contributed by atoms with Crippen molar-refractivity contribution in [2.24, 2.45) is 0 Å². The molecule has 0 N–H and O–H groups in total. The van der Waals surface area contributed by atoms with E-state index in [0.29, 0.717) is 6.61 Å². The number of rotatable bonds is 11. The zero-order valence-corrected chi connectivity index (χ0v) is 21.8. The Bertz CT molecular complexity index is 1110. The van der Waals surface area contributed by atoms with Gasteiger partial charge in [0.15, 0.2) is 0 Å². The first kappa shape index (κ1) is 25.4. The second-order valence-electron chi connectivity index (χ2n) is 9.73. The average Bonchev–Trinajstić information content (AvgIpc) is 3.49. The number of nitrogens with zero attached hydrogens (tertiary/aromatic N) is 4. The fourth-order valence-electron chi connectivity index (χ4n) is 5.02. The molecule has 2 aliphatic heterocycles. The minimum atomic E-state index is 0.651. The Kier molecular flexibility index (Phi) is 8.77. The lowest BCUT2D eigenvalue weighted by atomic mass is 10.1. The molecule has 7 heteroatoms. The number of morpholine rings is 1. The van der Waals surface area contributed by atoms with Crippen LogP contribution in [0.25, 0.3) is 0 Å². The highest BCUT2D eigenvalue weighted by Crippen LogP contribution is 2.25. The maximum absolute atomic E-state index is 6.00. The molecule has 5 rings (SSSR count). The van der Waals surface area contributed by atoms with Crippen molar-refractivity contribution in [2.45, 2.75) is 25.9 Å². The smallest absolute Gasteiger partial charge is 0.137 e. The van der Waals surface area contributed by atoms with E-state index in [0.717, 1.165) is 76.3 Å². The summed E-state index contributed by atoms with van der Waals surface area (Å²) in [5.41, 5.74) is 3.77. The number of hydrogen-bond donors (Lipinski definition) is 0. The van der Waals surface area contributed by atoms with Crippen LogP contribution in [0.15, 0.2) is 66.9 Å². The molecule has 0 aliphatic carbocycles. The van der Waals surface area contributed by atoms with E-state index in [9.17, 15) is 0 Å². The van der Waals surface area contributed by atoms with Crippen LogP contribution >= 0.6 is 0 Å². The third-order valence-electron chi connectivity index (χ3n) is 7.09.